The molecule has 0 bridgehead atoms. The van der Waals surface area contributed by atoms with Crippen LogP contribution >= 0.6 is 0 Å². The lowest BCUT2D eigenvalue weighted by Gasteiger charge is -2.38. The van der Waals surface area contributed by atoms with Gasteiger partial charge in [0, 0.05) is 19.1 Å². The van der Waals surface area contributed by atoms with E-state index < -0.39 is 22.7 Å². The Bertz CT molecular complexity index is 463. The Hall–Kier alpha value is -0.660. The summed E-state index contributed by atoms with van der Waals surface area (Å²) in [7, 11) is -3.68. The Balaban J connectivity index is 2.21. The fraction of sp³-hybridized carbons (Fsp3) is 0.929. The van der Waals surface area contributed by atoms with Crippen molar-refractivity contribution in [2.24, 2.45) is 11.8 Å². The van der Waals surface area contributed by atoms with Gasteiger partial charge < -0.3 is 5.11 Å². The molecule has 6 nitrogen and oxygen atoms in total. The molecule has 1 aliphatic carbocycles. The molecule has 1 aliphatic heterocycles. The summed E-state index contributed by atoms with van der Waals surface area (Å²) in [5, 5.41) is 9.09. The van der Waals surface area contributed by atoms with Crippen LogP contribution in [0.4, 0.5) is 0 Å². The van der Waals surface area contributed by atoms with E-state index in [0.29, 0.717) is 24.9 Å². The molecule has 0 aromatic carbocycles. The van der Waals surface area contributed by atoms with Crippen molar-refractivity contribution in [2.45, 2.75) is 52.0 Å². The van der Waals surface area contributed by atoms with Crippen LogP contribution in [0.3, 0.4) is 0 Å². The summed E-state index contributed by atoms with van der Waals surface area (Å²) in [6.07, 6.45) is 4.51. The largest absolute Gasteiger partial charge is 0.480 e. The van der Waals surface area contributed by atoms with E-state index in [4.69, 9.17) is 5.11 Å². The summed E-state index contributed by atoms with van der Waals surface area (Å²) in [6, 6.07) is -0.154. The molecule has 1 N–H and O–H groups in total. The molecule has 2 unspecified atom stereocenters. The zero-order valence-electron chi connectivity index (χ0n) is 12.9. The fourth-order valence-electron chi connectivity index (χ4n) is 3.67. The molecule has 0 aromatic rings. The molecule has 0 spiro atoms. The van der Waals surface area contributed by atoms with Gasteiger partial charge in [0.05, 0.1) is 0 Å². The van der Waals surface area contributed by atoms with E-state index in [2.05, 4.69) is 13.8 Å². The number of hydrogen-bond donors (Lipinski definition) is 1. The Morgan fingerprint density at radius 1 is 1.19 bits per heavy atom. The van der Waals surface area contributed by atoms with Gasteiger partial charge in [0.2, 0.25) is 0 Å². The van der Waals surface area contributed by atoms with Crippen molar-refractivity contribution in [3.63, 3.8) is 0 Å². The number of piperidine rings is 1. The summed E-state index contributed by atoms with van der Waals surface area (Å²) >= 11 is 0. The maximum Gasteiger partial charge on any atom is 0.318 e. The second-order valence-corrected chi connectivity index (χ2v) is 8.53. The first-order chi connectivity index (χ1) is 9.80. The molecule has 0 radical (unpaired) electrons. The molecule has 0 amide bonds. The van der Waals surface area contributed by atoms with Crippen molar-refractivity contribution in [3.8, 4) is 0 Å². The monoisotopic (exact) mass is 318 g/mol. The predicted octanol–water partition coefficient (Wildman–Crippen LogP) is 1.54. The van der Waals surface area contributed by atoms with Crippen molar-refractivity contribution >= 4 is 16.2 Å². The maximum atomic E-state index is 12.9. The van der Waals surface area contributed by atoms with Crippen LogP contribution in [0, 0.1) is 11.8 Å². The van der Waals surface area contributed by atoms with Gasteiger partial charge in [-0.05, 0) is 31.1 Å². The highest BCUT2D eigenvalue weighted by Gasteiger charge is 2.39. The molecule has 122 valence electrons. The molecule has 1 saturated carbocycles. The maximum absolute atomic E-state index is 12.9. The topological polar surface area (TPSA) is 77.9 Å². The number of carboxylic acid groups (broad SMARTS) is 1. The van der Waals surface area contributed by atoms with Crippen LogP contribution in [0.15, 0.2) is 0 Å². The standard InChI is InChI=1S/C14H26N2O4S/c1-11-7-12(2)9-15(8-11)21(19,20)16(10-14(17)18)13-5-3-4-6-13/h11-13H,3-10H2,1-2H3,(H,17,18). The van der Waals surface area contributed by atoms with E-state index in [1.54, 1.807) is 0 Å². The number of carbonyl (C=O) groups is 1. The van der Waals surface area contributed by atoms with Gasteiger partial charge in [0.25, 0.3) is 10.2 Å². The molecular formula is C14H26N2O4S. The van der Waals surface area contributed by atoms with E-state index in [1.807, 2.05) is 0 Å². The van der Waals surface area contributed by atoms with Gasteiger partial charge in [0.15, 0.2) is 0 Å². The van der Waals surface area contributed by atoms with E-state index in [9.17, 15) is 13.2 Å². The lowest BCUT2D eigenvalue weighted by molar-refractivity contribution is -0.137. The molecule has 2 atom stereocenters. The number of nitrogens with zero attached hydrogens (tertiary/aromatic N) is 2. The normalized spacial score (nSPS) is 29.1. The Kier molecular flexibility index (Phi) is 5.27. The van der Waals surface area contributed by atoms with E-state index in [0.717, 1.165) is 32.1 Å². The van der Waals surface area contributed by atoms with Gasteiger partial charge in [0.1, 0.15) is 6.54 Å². The minimum absolute atomic E-state index is 0.154. The van der Waals surface area contributed by atoms with Crippen molar-refractivity contribution in [1.82, 2.24) is 8.61 Å². The fourth-order valence-corrected chi connectivity index (χ4v) is 5.71. The van der Waals surface area contributed by atoms with Crippen LogP contribution in [-0.2, 0) is 15.0 Å². The van der Waals surface area contributed by atoms with E-state index >= 15 is 0 Å². The average molecular weight is 318 g/mol. The zero-order valence-corrected chi connectivity index (χ0v) is 13.7. The lowest BCUT2D eigenvalue weighted by Crippen LogP contribution is -2.53. The zero-order chi connectivity index (χ0) is 15.6. The third-order valence-electron chi connectivity index (χ3n) is 4.48. The molecule has 21 heavy (non-hydrogen) atoms. The van der Waals surface area contributed by atoms with Gasteiger partial charge in [-0.3, -0.25) is 4.79 Å². The minimum Gasteiger partial charge on any atom is -0.480 e. The van der Waals surface area contributed by atoms with Crippen LogP contribution in [0.2, 0.25) is 0 Å². The summed E-state index contributed by atoms with van der Waals surface area (Å²) in [5.41, 5.74) is 0. The second-order valence-electron chi connectivity index (χ2n) is 6.65. The number of rotatable bonds is 5. The predicted molar refractivity (Wildman–Crippen MR) is 80.0 cm³/mol. The summed E-state index contributed by atoms with van der Waals surface area (Å²) < 4.78 is 28.5. The molecule has 2 aliphatic rings. The van der Waals surface area contributed by atoms with Gasteiger partial charge in [-0.25, -0.2) is 0 Å². The Morgan fingerprint density at radius 2 is 1.71 bits per heavy atom. The first-order valence-corrected chi connectivity index (χ1v) is 9.19. The highest BCUT2D eigenvalue weighted by molar-refractivity contribution is 7.86. The van der Waals surface area contributed by atoms with Gasteiger partial charge in [-0.15, -0.1) is 0 Å². The van der Waals surface area contributed by atoms with Gasteiger partial charge in [-0.2, -0.15) is 17.0 Å². The van der Waals surface area contributed by atoms with Crippen LogP contribution in [-0.4, -0.2) is 53.8 Å². The Morgan fingerprint density at radius 3 is 2.19 bits per heavy atom. The third-order valence-corrected chi connectivity index (χ3v) is 6.45. The van der Waals surface area contributed by atoms with Gasteiger partial charge in [-0.1, -0.05) is 26.7 Å². The minimum atomic E-state index is -3.68. The SMILES string of the molecule is CC1CC(C)CN(S(=O)(=O)N(CC(=O)O)C2CCCC2)C1. The summed E-state index contributed by atoms with van der Waals surface area (Å²) in [6.45, 7) is 4.67. The third kappa shape index (κ3) is 3.96. The first-order valence-electron chi connectivity index (χ1n) is 7.79. The average Bonchev–Trinajstić information content (AvgIpc) is 2.87. The second kappa shape index (κ2) is 6.62. The number of aliphatic carboxylic acids is 1. The number of carboxylic acids is 1. The summed E-state index contributed by atoms with van der Waals surface area (Å²) in [4.78, 5) is 11.1. The van der Waals surface area contributed by atoms with Gasteiger partial charge >= 0.3 is 5.97 Å². The lowest BCUT2D eigenvalue weighted by atomic mass is 9.94. The van der Waals surface area contributed by atoms with Crippen LogP contribution < -0.4 is 0 Å². The molecule has 1 heterocycles. The molecule has 2 rings (SSSR count). The van der Waals surface area contributed by atoms with E-state index in [1.165, 1.54) is 8.61 Å². The molecule has 2 fully saturated rings. The van der Waals surface area contributed by atoms with Crippen molar-refractivity contribution in [1.29, 1.82) is 0 Å². The quantitative estimate of drug-likeness (QED) is 0.834. The smallest absolute Gasteiger partial charge is 0.318 e. The molecule has 7 heteroatoms. The summed E-state index contributed by atoms with van der Waals surface area (Å²) in [5.74, 6) is -0.443. The highest BCUT2D eigenvalue weighted by Crippen LogP contribution is 2.30. The molecular weight excluding hydrogens is 292 g/mol. The molecule has 1 saturated heterocycles. The van der Waals surface area contributed by atoms with Crippen molar-refractivity contribution in [2.75, 3.05) is 19.6 Å². The number of hydrogen-bond acceptors (Lipinski definition) is 3. The first kappa shape index (κ1) is 16.7. The van der Waals surface area contributed by atoms with Crippen LogP contribution in [0.5, 0.6) is 0 Å². The van der Waals surface area contributed by atoms with Crippen molar-refractivity contribution in [3.05, 3.63) is 0 Å². The van der Waals surface area contributed by atoms with Crippen LogP contribution in [0.1, 0.15) is 46.0 Å². The Labute approximate surface area is 127 Å². The highest BCUT2D eigenvalue weighted by atomic mass is 32.2. The van der Waals surface area contributed by atoms with Crippen molar-refractivity contribution < 1.29 is 18.3 Å². The molecule has 0 aromatic heterocycles. The van der Waals surface area contributed by atoms with Crippen LogP contribution in [0.25, 0.3) is 0 Å². The van der Waals surface area contributed by atoms with E-state index in [-0.39, 0.29) is 6.04 Å².